The molecule has 1 N–H and O–H groups in total. The Kier molecular flexibility index (Phi) is 6.25. The number of nitrogens with one attached hydrogen (secondary N) is 1. The van der Waals surface area contributed by atoms with E-state index in [0.29, 0.717) is 36.1 Å². The molecule has 32 heavy (non-hydrogen) atoms. The first-order valence-corrected chi connectivity index (χ1v) is 10.1. The number of rotatable bonds is 8. The highest BCUT2D eigenvalue weighted by Gasteiger charge is 2.13. The van der Waals surface area contributed by atoms with Crippen molar-refractivity contribution in [3.63, 3.8) is 0 Å². The second-order valence-electron chi connectivity index (χ2n) is 7.20. The van der Waals surface area contributed by atoms with E-state index < -0.39 is 0 Å². The molecule has 9 heteroatoms. The summed E-state index contributed by atoms with van der Waals surface area (Å²) < 4.78 is 25.2. The van der Waals surface area contributed by atoms with Crippen LogP contribution in [0.25, 0.3) is 17.1 Å². The molecule has 2 aromatic heterocycles. The molecular formula is C23H22FN5O3. The molecule has 0 fully saturated rings. The van der Waals surface area contributed by atoms with Crippen molar-refractivity contribution in [2.75, 3.05) is 12.4 Å². The Morgan fingerprint density at radius 2 is 1.91 bits per heavy atom. The fourth-order valence-corrected chi connectivity index (χ4v) is 3.19. The number of nitrogens with zero attached hydrogens (tertiary/aromatic N) is 4. The molecule has 0 radical (unpaired) electrons. The van der Waals surface area contributed by atoms with Gasteiger partial charge in [0.15, 0.2) is 0 Å². The maximum atomic E-state index is 13.2. The summed E-state index contributed by atoms with van der Waals surface area (Å²) in [5.74, 6) is 1.74. The molecule has 8 nitrogen and oxygen atoms in total. The lowest BCUT2D eigenvalue weighted by Crippen LogP contribution is -2.15. The third-order valence-corrected chi connectivity index (χ3v) is 4.78. The third kappa shape index (κ3) is 5.00. The number of hydrogen-bond donors (Lipinski definition) is 1. The van der Waals surface area contributed by atoms with Crippen molar-refractivity contribution in [3.8, 4) is 22.8 Å². The predicted octanol–water partition coefficient (Wildman–Crippen LogP) is 4.34. The van der Waals surface area contributed by atoms with Crippen molar-refractivity contribution >= 4 is 11.7 Å². The summed E-state index contributed by atoms with van der Waals surface area (Å²) in [5.41, 5.74) is 2.22. The first kappa shape index (κ1) is 21.2. The maximum absolute atomic E-state index is 13.2. The molecule has 0 aliphatic heterocycles. The van der Waals surface area contributed by atoms with Gasteiger partial charge in [0.2, 0.25) is 17.6 Å². The summed E-state index contributed by atoms with van der Waals surface area (Å²) in [6.07, 6.45) is 1.29. The summed E-state index contributed by atoms with van der Waals surface area (Å²) in [7, 11) is 1.61. The van der Waals surface area contributed by atoms with Gasteiger partial charge in [0.05, 0.1) is 18.5 Å². The van der Waals surface area contributed by atoms with Crippen molar-refractivity contribution in [3.05, 3.63) is 72.0 Å². The zero-order valence-electron chi connectivity index (χ0n) is 17.7. The summed E-state index contributed by atoms with van der Waals surface area (Å²) in [4.78, 5) is 16.8. The Morgan fingerprint density at radius 3 is 2.62 bits per heavy atom. The average Bonchev–Trinajstić information content (AvgIpc) is 3.41. The van der Waals surface area contributed by atoms with Crippen LogP contribution in [0.3, 0.4) is 0 Å². The van der Waals surface area contributed by atoms with Gasteiger partial charge in [-0.15, -0.1) is 0 Å². The second kappa shape index (κ2) is 9.42. The van der Waals surface area contributed by atoms with Crippen LogP contribution >= 0.6 is 0 Å². The average molecular weight is 435 g/mol. The van der Waals surface area contributed by atoms with Gasteiger partial charge in [-0.2, -0.15) is 10.1 Å². The normalized spacial score (nSPS) is 10.8. The van der Waals surface area contributed by atoms with Crippen LogP contribution in [-0.2, 0) is 11.2 Å². The van der Waals surface area contributed by atoms with Crippen LogP contribution in [0.1, 0.15) is 24.4 Å². The summed E-state index contributed by atoms with van der Waals surface area (Å²) in [6, 6.07) is 15.0. The Morgan fingerprint density at radius 1 is 1.16 bits per heavy atom. The van der Waals surface area contributed by atoms with E-state index in [1.807, 2.05) is 31.2 Å². The van der Waals surface area contributed by atoms with E-state index >= 15 is 0 Å². The molecule has 4 rings (SSSR count). The van der Waals surface area contributed by atoms with E-state index in [9.17, 15) is 9.18 Å². The molecule has 4 aromatic rings. The lowest BCUT2D eigenvalue weighted by atomic mass is 10.2. The molecule has 0 atom stereocenters. The number of hydrogen-bond acceptors (Lipinski definition) is 6. The first-order valence-electron chi connectivity index (χ1n) is 10.1. The highest BCUT2D eigenvalue weighted by Crippen LogP contribution is 2.21. The van der Waals surface area contributed by atoms with Crippen LogP contribution in [0.2, 0.25) is 0 Å². The minimum absolute atomic E-state index is 0.164. The van der Waals surface area contributed by atoms with Crippen LogP contribution in [0.5, 0.6) is 5.75 Å². The van der Waals surface area contributed by atoms with Gasteiger partial charge in [0, 0.05) is 24.5 Å². The molecule has 2 heterocycles. The van der Waals surface area contributed by atoms with Crippen molar-refractivity contribution in [2.45, 2.75) is 26.2 Å². The molecule has 0 saturated heterocycles. The van der Waals surface area contributed by atoms with Gasteiger partial charge in [-0.25, -0.2) is 9.07 Å². The van der Waals surface area contributed by atoms with E-state index in [4.69, 9.17) is 9.26 Å². The van der Waals surface area contributed by atoms with Crippen LogP contribution in [0.15, 0.2) is 59.1 Å². The molecule has 0 aliphatic carbocycles. The quantitative estimate of drug-likeness (QED) is 0.442. The van der Waals surface area contributed by atoms with Crippen LogP contribution in [0.4, 0.5) is 10.2 Å². The minimum atomic E-state index is -0.334. The van der Waals surface area contributed by atoms with Crippen molar-refractivity contribution in [1.29, 1.82) is 0 Å². The smallest absolute Gasteiger partial charge is 0.226 e. The number of aryl methyl sites for hydroxylation is 2. The van der Waals surface area contributed by atoms with Gasteiger partial charge in [-0.3, -0.25) is 4.79 Å². The van der Waals surface area contributed by atoms with Crippen molar-refractivity contribution < 1.29 is 18.4 Å². The van der Waals surface area contributed by atoms with Crippen LogP contribution in [-0.4, -0.2) is 32.9 Å². The Balaban J connectivity index is 1.32. The third-order valence-electron chi connectivity index (χ3n) is 4.78. The van der Waals surface area contributed by atoms with E-state index in [0.717, 1.165) is 17.0 Å². The number of methoxy groups -OCH3 is 1. The number of amides is 1. The van der Waals surface area contributed by atoms with Crippen molar-refractivity contribution in [1.82, 2.24) is 19.9 Å². The van der Waals surface area contributed by atoms with Gasteiger partial charge in [0.25, 0.3) is 0 Å². The second-order valence-corrected chi connectivity index (χ2v) is 7.20. The SMILES string of the molecule is COc1ccc(-c2noc(CCCC(=O)Nc3cc(C)nn3-c3ccc(F)cc3)n2)cc1. The molecule has 2 aromatic carbocycles. The van der Waals surface area contributed by atoms with Gasteiger partial charge in [-0.05, 0) is 61.9 Å². The molecule has 0 bridgehead atoms. The molecule has 1 amide bonds. The largest absolute Gasteiger partial charge is 0.497 e. The van der Waals surface area contributed by atoms with Gasteiger partial charge < -0.3 is 14.6 Å². The van der Waals surface area contributed by atoms with Crippen LogP contribution < -0.4 is 10.1 Å². The molecular weight excluding hydrogens is 413 g/mol. The Bertz CT molecular complexity index is 1200. The lowest BCUT2D eigenvalue weighted by molar-refractivity contribution is -0.116. The maximum Gasteiger partial charge on any atom is 0.226 e. The topological polar surface area (TPSA) is 95.1 Å². The summed E-state index contributed by atoms with van der Waals surface area (Å²) >= 11 is 0. The number of anilines is 1. The van der Waals surface area contributed by atoms with E-state index in [2.05, 4.69) is 20.6 Å². The number of aromatic nitrogens is 4. The van der Waals surface area contributed by atoms with Gasteiger partial charge in [0.1, 0.15) is 17.4 Å². The van der Waals surface area contributed by atoms with E-state index in [-0.39, 0.29) is 18.1 Å². The fourth-order valence-electron chi connectivity index (χ4n) is 3.19. The summed E-state index contributed by atoms with van der Waals surface area (Å²) in [5, 5.41) is 11.2. The number of halogens is 1. The minimum Gasteiger partial charge on any atom is -0.497 e. The molecule has 0 saturated carbocycles. The highest BCUT2D eigenvalue weighted by molar-refractivity contribution is 5.90. The number of carbonyl (C=O) groups excluding carboxylic acids is 1. The Labute approximate surface area is 184 Å². The Hall–Kier alpha value is -4.01. The standard InChI is InChI=1S/C23H22FN5O3/c1-15-14-20(29(27-15)18-10-8-17(24)9-11-18)25-21(30)4-3-5-22-26-23(28-32-22)16-6-12-19(31-2)13-7-16/h6-14H,3-5H2,1-2H3,(H,25,30). The zero-order chi connectivity index (χ0) is 22.5. The molecule has 0 unspecified atom stereocenters. The molecule has 0 aliphatic rings. The number of benzene rings is 2. The van der Waals surface area contributed by atoms with E-state index in [1.165, 1.54) is 12.1 Å². The zero-order valence-corrected chi connectivity index (χ0v) is 17.7. The predicted molar refractivity (Wildman–Crippen MR) is 116 cm³/mol. The summed E-state index contributed by atoms with van der Waals surface area (Å²) in [6.45, 7) is 1.83. The van der Waals surface area contributed by atoms with Gasteiger partial charge in [-0.1, -0.05) is 5.16 Å². The first-order chi connectivity index (χ1) is 15.5. The van der Waals surface area contributed by atoms with Crippen molar-refractivity contribution in [2.24, 2.45) is 0 Å². The highest BCUT2D eigenvalue weighted by atomic mass is 19.1. The monoisotopic (exact) mass is 435 g/mol. The van der Waals surface area contributed by atoms with Gasteiger partial charge >= 0.3 is 0 Å². The number of carbonyl (C=O) groups is 1. The fraction of sp³-hybridized carbons (Fsp3) is 0.217. The molecule has 0 spiro atoms. The lowest BCUT2D eigenvalue weighted by Gasteiger charge is -2.08. The van der Waals surface area contributed by atoms with E-state index in [1.54, 1.807) is 30.0 Å². The number of ether oxygens (including phenoxy) is 1. The molecule has 164 valence electrons. The van der Waals surface area contributed by atoms with Crippen LogP contribution in [0, 0.1) is 12.7 Å².